The lowest BCUT2D eigenvalue weighted by atomic mass is 10.3. The van der Waals surface area contributed by atoms with Crippen LogP contribution < -0.4 is 10.6 Å². The van der Waals surface area contributed by atoms with Gasteiger partial charge in [0.1, 0.15) is 0 Å². The molecule has 0 aliphatic carbocycles. The van der Waals surface area contributed by atoms with Crippen LogP contribution in [-0.4, -0.2) is 15.3 Å². The monoisotopic (exact) mass is 415 g/mol. The van der Waals surface area contributed by atoms with E-state index in [1.54, 1.807) is 0 Å². The first-order chi connectivity index (χ1) is 7.58. The minimum Gasteiger partial charge on any atom is -0.360 e. The average molecular weight is 417 g/mol. The van der Waals surface area contributed by atoms with E-state index in [0.29, 0.717) is 13.1 Å². The minimum absolute atomic E-state index is 0. The van der Waals surface area contributed by atoms with Crippen molar-refractivity contribution in [1.29, 1.82) is 10.8 Å². The maximum absolute atomic E-state index is 7.11. The topological polar surface area (TPSA) is 84.7 Å². The van der Waals surface area contributed by atoms with Gasteiger partial charge in [0.25, 0.3) is 0 Å². The highest BCUT2D eigenvalue weighted by atomic mass is 79.9. The number of hydrogen-bond donors (Lipinski definition) is 6. The summed E-state index contributed by atoms with van der Waals surface area (Å²) in [5, 5.41) is 20.0. The molecule has 0 aliphatic rings. The summed E-state index contributed by atoms with van der Waals surface area (Å²) in [6.07, 6.45) is 0. The van der Waals surface area contributed by atoms with Gasteiger partial charge in [0.05, 0.1) is 24.5 Å². The zero-order valence-electron chi connectivity index (χ0n) is 9.30. The predicted octanol–water partition coefficient (Wildman–Crippen LogP) is 2.15. The van der Waals surface area contributed by atoms with Gasteiger partial charge in [-0.1, -0.05) is 6.07 Å². The lowest BCUT2D eigenvalue weighted by Crippen LogP contribution is -2.20. The fourth-order valence-corrected chi connectivity index (χ4v) is 1.23. The lowest BCUT2D eigenvalue weighted by molar-refractivity contribution is 0.825. The van der Waals surface area contributed by atoms with Crippen molar-refractivity contribution in [2.75, 3.05) is 0 Å². The Kier molecular flexibility index (Phi) is 11.9. The van der Waals surface area contributed by atoms with Gasteiger partial charge in [-0.3, -0.25) is 15.8 Å². The predicted molar refractivity (Wildman–Crippen MR) is 92.0 cm³/mol. The van der Waals surface area contributed by atoms with Gasteiger partial charge < -0.3 is 10.6 Å². The van der Waals surface area contributed by atoms with Gasteiger partial charge in [-0.15, -0.1) is 59.2 Å². The van der Waals surface area contributed by atoms with Gasteiger partial charge in [0, 0.05) is 0 Å². The first-order valence-electron chi connectivity index (χ1n) is 4.55. The molecule has 5 nitrogen and oxygen atoms in total. The number of hydrogen-bond acceptors (Lipinski definition) is 3. The van der Waals surface area contributed by atoms with Gasteiger partial charge >= 0.3 is 0 Å². The molecule has 9 heteroatoms. The molecule has 0 amide bonds. The summed E-state index contributed by atoms with van der Waals surface area (Å²) in [6.45, 7) is 0.934. The molecule has 102 valence electrons. The van der Waals surface area contributed by atoms with Gasteiger partial charge in [-0.25, -0.2) is 0 Å². The Balaban J connectivity index is 0. The maximum Gasteiger partial charge on any atom is 0.150 e. The van der Waals surface area contributed by atoms with Crippen molar-refractivity contribution in [2.24, 2.45) is 0 Å². The van der Waals surface area contributed by atoms with Crippen molar-refractivity contribution >= 4 is 69.6 Å². The van der Waals surface area contributed by atoms with Crippen molar-refractivity contribution in [2.45, 2.75) is 13.1 Å². The number of rotatable bonds is 4. The Bertz CT molecular complexity index is 369. The van der Waals surface area contributed by atoms with Crippen LogP contribution in [-0.2, 0) is 13.1 Å². The van der Waals surface area contributed by atoms with Crippen LogP contribution in [0.4, 0.5) is 0 Å². The second-order valence-electron chi connectivity index (χ2n) is 3.02. The first kappa shape index (κ1) is 20.1. The molecule has 1 rings (SSSR count). The largest absolute Gasteiger partial charge is 0.360 e. The Morgan fingerprint density at radius 2 is 1.39 bits per heavy atom. The molecular weight excluding hydrogens is 402 g/mol. The number of amidine groups is 2. The smallest absolute Gasteiger partial charge is 0.150 e. The summed E-state index contributed by atoms with van der Waals surface area (Å²) in [6, 6.07) is 5.60. The standard InChI is InChI=1S/C9H13N5S2.2BrH/c10-8(15)12-4-6-2-1-3-7(14-6)5-13-9(11)16;;/h1-3H,4-5H2,(H3,10,12,15)(H3,11,13,16);2*1H. The Labute approximate surface area is 138 Å². The second kappa shape index (κ2) is 10.7. The molecule has 18 heavy (non-hydrogen) atoms. The average Bonchev–Trinajstić information content (AvgIpc) is 2.24. The quantitative estimate of drug-likeness (QED) is 0.258. The van der Waals surface area contributed by atoms with Gasteiger partial charge in [0.15, 0.2) is 10.3 Å². The molecule has 1 heterocycles. The van der Waals surface area contributed by atoms with Crippen LogP contribution in [0, 0.1) is 10.8 Å². The molecule has 0 saturated carbocycles. The number of nitrogens with one attached hydrogen (secondary N) is 4. The number of aromatic nitrogens is 1. The second-order valence-corrected chi connectivity index (χ2v) is 3.92. The van der Waals surface area contributed by atoms with E-state index in [-0.39, 0.29) is 44.3 Å². The van der Waals surface area contributed by atoms with Crippen LogP contribution in [0.25, 0.3) is 0 Å². The van der Waals surface area contributed by atoms with E-state index in [1.165, 1.54) is 0 Å². The maximum atomic E-state index is 7.11. The summed E-state index contributed by atoms with van der Waals surface area (Å²) in [7, 11) is 0. The van der Waals surface area contributed by atoms with Crippen LogP contribution in [0.1, 0.15) is 11.4 Å². The van der Waals surface area contributed by atoms with E-state index in [1.807, 2.05) is 18.2 Å². The van der Waals surface area contributed by atoms with Crippen LogP contribution in [0.3, 0.4) is 0 Å². The normalized spacial score (nSPS) is 8.56. The summed E-state index contributed by atoms with van der Waals surface area (Å²) in [5.74, 6) is 0. The molecule has 0 bridgehead atoms. The van der Waals surface area contributed by atoms with Crippen LogP contribution in [0.15, 0.2) is 18.2 Å². The Hall–Kier alpha value is -0.250. The molecule has 0 aromatic carbocycles. The number of nitrogens with zero attached hydrogens (tertiary/aromatic N) is 1. The van der Waals surface area contributed by atoms with Crippen LogP contribution >= 0.6 is 59.2 Å². The van der Waals surface area contributed by atoms with Crippen molar-refractivity contribution in [3.8, 4) is 0 Å². The van der Waals surface area contributed by atoms with Crippen molar-refractivity contribution in [1.82, 2.24) is 15.6 Å². The van der Waals surface area contributed by atoms with Crippen molar-refractivity contribution in [3.63, 3.8) is 0 Å². The third-order valence-electron chi connectivity index (χ3n) is 1.74. The summed E-state index contributed by atoms with van der Waals surface area (Å²) in [4.78, 5) is 4.33. The zero-order chi connectivity index (χ0) is 12.0. The first-order valence-corrected chi connectivity index (χ1v) is 5.45. The fraction of sp³-hybridized carbons (Fsp3) is 0.222. The molecule has 1 aromatic rings. The third kappa shape index (κ3) is 8.78. The van der Waals surface area contributed by atoms with E-state index in [0.717, 1.165) is 11.4 Å². The highest BCUT2D eigenvalue weighted by Crippen LogP contribution is 1.99. The molecule has 0 unspecified atom stereocenters. The lowest BCUT2D eigenvalue weighted by Gasteiger charge is -2.06. The molecule has 0 spiro atoms. The highest BCUT2D eigenvalue weighted by Gasteiger charge is 1.98. The van der Waals surface area contributed by atoms with E-state index in [4.69, 9.17) is 10.8 Å². The molecule has 0 radical (unpaired) electrons. The molecule has 1 aromatic heterocycles. The summed E-state index contributed by atoms with van der Waals surface area (Å²) >= 11 is 7.63. The Morgan fingerprint density at radius 3 is 1.72 bits per heavy atom. The molecule has 0 saturated heterocycles. The minimum atomic E-state index is 0. The summed E-state index contributed by atoms with van der Waals surface area (Å²) in [5.41, 5.74) is 1.65. The number of halogens is 2. The number of thiol groups is 2. The van der Waals surface area contributed by atoms with E-state index in [9.17, 15) is 0 Å². The zero-order valence-corrected chi connectivity index (χ0v) is 14.5. The van der Waals surface area contributed by atoms with Crippen LogP contribution in [0.2, 0.25) is 0 Å². The van der Waals surface area contributed by atoms with Gasteiger partial charge in [0.2, 0.25) is 0 Å². The Morgan fingerprint density at radius 1 is 1.00 bits per heavy atom. The molecule has 0 atom stereocenters. The highest BCUT2D eigenvalue weighted by molar-refractivity contribution is 8.93. The fourth-order valence-electron chi connectivity index (χ4n) is 1.07. The SMILES string of the molecule is Br.Br.N=C(S)NCc1cccc(CNC(=N)S)n1. The summed E-state index contributed by atoms with van der Waals surface area (Å²) < 4.78 is 0. The van der Waals surface area contributed by atoms with Gasteiger partial charge in [-0.2, -0.15) is 0 Å². The van der Waals surface area contributed by atoms with E-state index < -0.39 is 0 Å². The van der Waals surface area contributed by atoms with E-state index >= 15 is 0 Å². The van der Waals surface area contributed by atoms with Crippen molar-refractivity contribution < 1.29 is 0 Å². The molecule has 4 N–H and O–H groups in total. The van der Waals surface area contributed by atoms with Crippen LogP contribution in [0.5, 0.6) is 0 Å². The van der Waals surface area contributed by atoms with Crippen molar-refractivity contribution in [3.05, 3.63) is 29.6 Å². The molecular formula is C9H15Br2N5S2. The third-order valence-corrected chi connectivity index (χ3v) is 2.05. The number of pyridine rings is 1. The molecule has 0 fully saturated rings. The van der Waals surface area contributed by atoms with Gasteiger partial charge in [-0.05, 0) is 12.1 Å². The molecule has 0 aliphatic heterocycles. The van der Waals surface area contributed by atoms with E-state index in [2.05, 4.69) is 40.9 Å².